The van der Waals surface area contributed by atoms with Crippen molar-refractivity contribution in [3.05, 3.63) is 22.9 Å². The number of nitrogen functional groups attached to an aromatic ring is 1. The fourth-order valence-corrected chi connectivity index (χ4v) is 3.04. The Morgan fingerprint density at radius 2 is 2.25 bits per heavy atom. The fraction of sp³-hybridized carbons (Fsp3) is 0.600. The Hall–Kier alpha value is -1.62. The molecule has 0 aromatic carbocycles. The maximum Gasteiger partial charge on any atom is 0.139 e. The van der Waals surface area contributed by atoms with E-state index in [9.17, 15) is 0 Å². The smallest absolute Gasteiger partial charge is 0.139 e. The molecule has 5 nitrogen and oxygen atoms in total. The van der Waals surface area contributed by atoms with Gasteiger partial charge in [0, 0.05) is 25.3 Å². The first kappa shape index (κ1) is 14.8. The fourth-order valence-electron chi connectivity index (χ4n) is 3.04. The van der Waals surface area contributed by atoms with Gasteiger partial charge in [-0.1, -0.05) is 0 Å². The second-order valence-corrected chi connectivity index (χ2v) is 5.85. The summed E-state index contributed by atoms with van der Waals surface area (Å²) in [4.78, 5) is 9.15. The van der Waals surface area contributed by atoms with Crippen LogP contribution in [0.15, 0.2) is 6.07 Å². The topological polar surface area (TPSA) is 69.2 Å². The van der Waals surface area contributed by atoms with E-state index in [2.05, 4.69) is 21.8 Å². The number of aromatic nitrogens is 1. The molecule has 0 aliphatic carbocycles. The van der Waals surface area contributed by atoms with Crippen LogP contribution in [0.2, 0.25) is 0 Å². The van der Waals surface area contributed by atoms with Gasteiger partial charge in [-0.2, -0.15) is 0 Å². The number of likely N-dealkylation sites (N-methyl/N-ethyl adjacent to an activating group) is 2. The number of hydrogen-bond donors (Lipinski definition) is 2. The molecular formula is C15H25N5. The highest BCUT2D eigenvalue weighted by Crippen LogP contribution is 2.23. The minimum Gasteiger partial charge on any atom is -0.384 e. The van der Waals surface area contributed by atoms with Gasteiger partial charge in [0.15, 0.2) is 0 Å². The molecule has 110 valence electrons. The number of nitrogens with one attached hydrogen (secondary N) is 1. The molecule has 1 aliphatic heterocycles. The predicted molar refractivity (Wildman–Crippen MR) is 83.6 cm³/mol. The Kier molecular flexibility index (Phi) is 4.28. The lowest BCUT2D eigenvalue weighted by atomic mass is 10.1. The molecule has 20 heavy (non-hydrogen) atoms. The van der Waals surface area contributed by atoms with E-state index < -0.39 is 0 Å². The molecule has 0 radical (unpaired) electrons. The summed E-state index contributed by atoms with van der Waals surface area (Å²) in [5.74, 6) is 0.923. The second-order valence-electron chi connectivity index (χ2n) is 5.85. The standard InChI is InChI=1S/C15H25N5/c1-10-8-11(2)18-15(13(10)14(16)17)20(4)9-12-6-5-7-19(12)3/h8,12H,5-7,9H2,1-4H3,(H3,16,17). The number of pyridine rings is 1. The summed E-state index contributed by atoms with van der Waals surface area (Å²) in [6.07, 6.45) is 2.48. The minimum atomic E-state index is 0.0941. The Morgan fingerprint density at radius 3 is 2.80 bits per heavy atom. The molecule has 0 bridgehead atoms. The van der Waals surface area contributed by atoms with Gasteiger partial charge in [-0.25, -0.2) is 4.98 Å². The summed E-state index contributed by atoms with van der Waals surface area (Å²) in [7, 11) is 4.21. The zero-order valence-electron chi connectivity index (χ0n) is 12.9. The molecule has 1 aromatic rings. The molecule has 1 fully saturated rings. The number of anilines is 1. The molecule has 0 spiro atoms. The second kappa shape index (κ2) is 5.79. The Bertz CT molecular complexity index is 511. The molecule has 0 saturated carbocycles. The summed E-state index contributed by atoms with van der Waals surface area (Å²) < 4.78 is 0. The van der Waals surface area contributed by atoms with Gasteiger partial charge in [-0.05, 0) is 51.9 Å². The lowest BCUT2D eigenvalue weighted by Crippen LogP contribution is -2.38. The molecule has 1 unspecified atom stereocenters. The maximum atomic E-state index is 7.81. The number of rotatable bonds is 4. The van der Waals surface area contributed by atoms with Crippen molar-refractivity contribution in [3.63, 3.8) is 0 Å². The zero-order valence-corrected chi connectivity index (χ0v) is 12.9. The number of amidine groups is 1. The van der Waals surface area contributed by atoms with Crippen LogP contribution < -0.4 is 10.6 Å². The Morgan fingerprint density at radius 1 is 1.55 bits per heavy atom. The van der Waals surface area contributed by atoms with Crippen LogP contribution in [0.1, 0.15) is 29.7 Å². The van der Waals surface area contributed by atoms with Crippen LogP contribution in [-0.2, 0) is 0 Å². The summed E-state index contributed by atoms with van der Waals surface area (Å²) >= 11 is 0. The molecule has 1 aliphatic rings. The van der Waals surface area contributed by atoms with E-state index >= 15 is 0 Å². The minimum absolute atomic E-state index is 0.0941. The van der Waals surface area contributed by atoms with Crippen molar-refractivity contribution in [2.24, 2.45) is 5.73 Å². The zero-order chi connectivity index (χ0) is 14.9. The molecule has 3 N–H and O–H groups in total. The molecular weight excluding hydrogens is 250 g/mol. The Balaban J connectivity index is 2.28. The van der Waals surface area contributed by atoms with Crippen molar-refractivity contribution in [2.45, 2.75) is 32.7 Å². The van der Waals surface area contributed by atoms with E-state index in [-0.39, 0.29) is 5.84 Å². The van der Waals surface area contributed by atoms with Gasteiger partial charge < -0.3 is 15.5 Å². The van der Waals surface area contributed by atoms with Crippen LogP contribution in [-0.4, -0.2) is 48.9 Å². The lowest BCUT2D eigenvalue weighted by Gasteiger charge is -2.28. The van der Waals surface area contributed by atoms with Crippen LogP contribution in [0.4, 0.5) is 5.82 Å². The number of aryl methyl sites for hydroxylation is 2. The molecule has 1 atom stereocenters. The van der Waals surface area contributed by atoms with Crippen molar-refractivity contribution in [2.75, 3.05) is 32.1 Å². The highest BCUT2D eigenvalue weighted by Gasteiger charge is 2.24. The molecule has 5 heteroatoms. The average molecular weight is 275 g/mol. The first-order valence-electron chi connectivity index (χ1n) is 7.14. The van der Waals surface area contributed by atoms with Gasteiger partial charge in [-0.3, -0.25) is 5.41 Å². The third-order valence-electron chi connectivity index (χ3n) is 4.11. The maximum absolute atomic E-state index is 7.81. The molecule has 2 heterocycles. The van der Waals surface area contributed by atoms with Crippen LogP contribution >= 0.6 is 0 Å². The van der Waals surface area contributed by atoms with Crippen molar-refractivity contribution in [1.82, 2.24) is 9.88 Å². The van der Waals surface area contributed by atoms with E-state index in [0.717, 1.165) is 29.2 Å². The van der Waals surface area contributed by atoms with Crippen molar-refractivity contribution in [3.8, 4) is 0 Å². The first-order valence-corrected chi connectivity index (χ1v) is 7.14. The van der Waals surface area contributed by atoms with Crippen molar-refractivity contribution >= 4 is 11.7 Å². The van der Waals surface area contributed by atoms with Crippen molar-refractivity contribution < 1.29 is 0 Å². The monoisotopic (exact) mass is 275 g/mol. The Labute approximate surface area is 121 Å². The molecule has 0 amide bonds. The van der Waals surface area contributed by atoms with Crippen LogP contribution in [0.5, 0.6) is 0 Å². The SMILES string of the molecule is Cc1cc(C)c(C(=N)N)c(N(C)CC2CCCN2C)n1. The van der Waals surface area contributed by atoms with Crippen molar-refractivity contribution in [1.29, 1.82) is 5.41 Å². The normalized spacial score (nSPS) is 19.3. The largest absolute Gasteiger partial charge is 0.384 e. The van der Waals surface area contributed by atoms with Crippen LogP contribution in [0.25, 0.3) is 0 Å². The first-order chi connectivity index (χ1) is 9.40. The van der Waals surface area contributed by atoms with E-state index in [1.807, 2.05) is 27.0 Å². The number of hydrogen-bond acceptors (Lipinski definition) is 4. The predicted octanol–water partition coefficient (Wildman–Crippen LogP) is 1.51. The lowest BCUT2D eigenvalue weighted by molar-refractivity contribution is 0.314. The highest BCUT2D eigenvalue weighted by atomic mass is 15.2. The van der Waals surface area contributed by atoms with Crippen LogP contribution in [0, 0.1) is 19.3 Å². The number of likely N-dealkylation sites (tertiary alicyclic amines) is 1. The van der Waals surface area contributed by atoms with Crippen LogP contribution in [0.3, 0.4) is 0 Å². The quantitative estimate of drug-likeness (QED) is 0.645. The highest BCUT2D eigenvalue weighted by molar-refractivity contribution is 6.01. The molecule has 1 aromatic heterocycles. The van der Waals surface area contributed by atoms with E-state index in [1.54, 1.807) is 0 Å². The average Bonchev–Trinajstić information content (AvgIpc) is 2.73. The third-order valence-corrected chi connectivity index (χ3v) is 4.11. The van der Waals surface area contributed by atoms with Gasteiger partial charge in [0.2, 0.25) is 0 Å². The van der Waals surface area contributed by atoms with Gasteiger partial charge >= 0.3 is 0 Å². The van der Waals surface area contributed by atoms with E-state index in [0.29, 0.717) is 6.04 Å². The van der Waals surface area contributed by atoms with Gasteiger partial charge in [0.05, 0.1) is 5.56 Å². The van der Waals surface area contributed by atoms with Gasteiger partial charge in [0.25, 0.3) is 0 Å². The van der Waals surface area contributed by atoms with Gasteiger partial charge in [-0.15, -0.1) is 0 Å². The summed E-state index contributed by atoms with van der Waals surface area (Å²) in [6, 6.07) is 2.54. The third kappa shape index (κ3) is 2.93. The van der Waals surface area contributed by atoms with Gasteiger partial charge in [0.1, 0.15) is 11.7 Å². The molecule has 1 saturated heterocycles. The summed E-state index contributed by atoms with van der Waals surface area (Å²) in [5.41, 5.74) is 8.49. The van der Waals surface area contributed by atoms with E-state index in [1.165, 1.54) is 19.4 Å². The summed E-state index contributed by atoms with van der Waals surface area (Å²) in [6.45, 7) is 6.06. The molecule has 2 rings (SSSR count). The van der Waals surface area contributed by atoms with E-state index in [4.69, 9.17) is 11.1 Å². The number of nitrogens with zero attached hydrogens (tertiary/aromatic N) is 3. The summed E-state index contributed by atoms with van der Waals surface area (Å²) in [5, 5.41) is 7.81. The number of nitrogens with two attached hydrogens (primary N) is 1.